The number of carbonyl (C=O) groups excluding carboxylic acids is 2. The highest BCUT2D eigenvalue weighted by Crippen LogP contribution is 2.44. The lowest BCUT2D eigenvalue weighted by Gasteiger charge is -2.33. The number of aliphatic hydroxyl groups is 3. The minimum atomic E-state index is -5.33. The molecular formula is C12H17F3N2O6. The Hall–Kier alpha value is -1.69. The standard InChI is InChI=1S/C12H17F3N2O6/c1-6(4-18)3-17(10(21)16-2)9-8(20)11(22,12(13,14)15)7(5-19)23-9/h3-4,7-9,19-20,22H,5H2,1-2H3,(H,16,21)/b6-3-/t7-,8+,9-,11-/m1/s1. The second-order valence-corrected chi connectivity index (χ2v) is 4.92. The van der Waals surface area contributed by atoms with Crippen molar-refractivity contribution in [1.82, 2.24) is 10.2 Å². The van der Waals surface area contributed by atoms with Crippen LogP contribution in [-0.2, 0) is 9.53 Å². The number of nitrogens with one attached hydrogen (secondary N) is 1. The molecule has 1 aliphatic rings. The minimum absolute atomic E-state index is 0.0487. The van der Waals surface area contributed by atoms with Crippen molar-refractivity contribution in [1.29, 1.82) is 0 Å². The number of allylic oxidation sites excluding steroid dienone is 1. The van der Waals surface area contributed by atoms with Gasteiger partial charge in [-0.1, -0.05) is 0 Å². The van der Waals surface area contributed by atoms with Crippen LogP contribution in [0.15, 0.2) is 11.8 Å². The molecule has 0 saturated carbocycles. The number of aldehydes is 1. The summed E-state index contributed by atoms with van der Waals surface area (Å²) in [5, 5.41) is 30.8. The van der Waals surface area contributed by atoms with Crippen molar-refractivity contribution < 1.29 is 42.8 Å². The zero-order valence-corrected chi connectivity index (χ0v) is 12.2. The lowest BCUT2D eigenvalue weighted by atomic mass is 9.91. The summed E-state index contributed by atoms with van der Waals surface area (Å²) in [4.78, 5) is 22.9. The summed E-state index contributed by atoms with van der Waals surface area (Å²) in [6.45, 7) is 0.0191. The fourth-order valence-electron chi connectivity index (χ4n) is 2.13. The number of carbonyl (C=O) groups is 2. The Morgan fingerprint density at radius 2 is 2.04 bits per heavy atom. The Kier molecular flexibility index (Phi) is 5.74. The number of nitrogens with zero attached hydrogens (tertiary/aromatic N) is 1. The fraction of sp³-hybridized carbons (Fsp3) is 0.667. The number of halogens is 3. The van der Waals surface area contributed by atoms with Gasteiger partial charge in [-0.15, -0.1) is 0 Å². The molecule has 0 aromatic carbocycles. The first-order valence-electron chi connectivity index (χ1n) is 6.41. The second-order valence-electron chi connectivity index (χ2n) is 4.92. The lowest BCUT2D eigenvalue weighted by Crippen LogP contribution is -2.61. The van der Waals surface area contributed by atoms with Crippen LogP contribution in [0.3, 0.4) is 0 Å². The van der Waals surface area contributed by atoms with Gasteiger partial charge < -0.3 is 25.4 Å². The van der Waals surface area contributed by atoms with Crippen molar-refractivity contribution >= 4 is 12.3 Å². The van der Waals surface area contributed by atoms with Crippen LogP contribution >= 0.6 is 0 Å². The first-order chi connectivity index (χ1) is 10.5. The van der Waals surface area contributed by atoms with E-state index >= 15 is 0 Å². The normalized spacial score (nSPS) is 31.8. The van der Waals surface area contributed by atoms with Gasteiger partial charge in [0, 0.05) is 18.8 Å². The van der Waals surface area contributed by atoms with E-state index in [0.29, 0.717) is 11.2 Å². The quantitative estimate of drug-likeness (QED) is 0.388. The van der Waals surface area contributed by atoms with E-state index in [-0.39, 0.29) is 5.57 Å². The van der Waals surface area contributed by atoms with Crippen LogP contribution < -0.4 is 5.32 Å². The van der Waals surface area contributed by atoms with Crippen LogP contribution in [0.2, 0.25) is 0 Å². The molecule has 0 bridgehead atoms. The van der Waals surface area contributed by atoms with Gasteiger partial charge in [-0.2, -0.15) is 13.2 Å². The maximum Gasteiger partial charge on any atom is 0.422 e. The molecule has 0 aliphatic carbocycles. The van der Waals surface area contributed by atoms with Crippen molar-refractivity contribution in [2.24, 2.45) is 0 Å². The topological polar surface area (TPSA) is 119 Å². The molecule has 4 N–H and O–H groups in total. The third-order valence-electron chi connectivity index (χ3n) is 3.39. The van der Waals surface area contributed by atoms with Gasteiger partial charge in [0.05, 0.1) is 6.61 Å². The van der Waals surface area contributed by atoms with E-state index in [1.54, 1.807) is 0 Å². The predicted molar refractivity (Wildman–Crippen MR) is 68.9 cm³/mol. The largest absolute Gasteiger partial charge is 0.422 e. The summed E-state index contributed by atoms with van der Waals surface area (Å²) in [7, 11) is 1.17. The minimum Gasteiger partial charge on any atom is -0.394 e. The highest BCUT2D eigenvalue weighted by atomic mass is 19.4. The average Bonchev–Trinajstić information content (AvgIpc) is 2.76. The lowest BCUT2D eigenvalue weighted by molar-refractivity contribution is -0.296. The molecule has 23 heavy (non-hydrogen) atoms. The second kappa shape index (κ2) is 6.83. The fourth-order valence-corrected chi connectivity index (χ4v) is 2.13. The van der Waals surface area contributed by atoms with Gasteiger partial charge in [0.15, 0.2) is 6.23 Å². The molecule has 0 aromatic heterocycles. The Morgan fingerprint density at radius 3 is 2.39 bits per heavy atom. The van der Waals surface area contributed by atoms with Crippen LogP contribution in [0, 0.1) is 0 Å². The van der Waals surface area contributed by atoms with Crippen molar-refractivity contribution in [2.75, 3.05) is 13.7 Å². The van der Waals surface area contributed by atoms with Gasteiger partial charge in [-0.3, -0.25) is 9.69 Å². The van der Waals surface area contributed by atoms with E-state index in [2.05, 4.69) is 5.32 Å². The van der Waals surface area contributed by atoms with Gasteiger partial charge in [-0.05, 0) is 6.92 Å². The third kappa shape index (κ3) is 3.32. The van der Waals surface area contributed by atoms with E-state index < -0.39 is 42.9 Å². The molecule has 1 fully saturated rings. The van der Waals surface area contributed by atoms with Crippen molar-refractivity contribution in [3.05, 3.63) is 11.8 Å². The number of hydrogen-bond donors (Lipinski definition) is 4. The Balaban J connectivity index is 3.30. The monoisotopic (exact) mass is 342 g/mol. The van der Waals surface area contributed by atoms with Crippen LogP contribution in [0.1, 0.15) is 6.92 Å². The first kappa shape index (κ1) is 19.4. The van der Waals surface area contributed by atoms with Crippen LogP contribution in [0.4, 0.5) is 18.0 Å². The zero-order chi connectivity index (χ0) is 18.0. The Morgan fingerprint density at radius 1 is 1.48 bits per heavy atom. The summed E-state index contributed by atoms with van der Waals surface area (Å²) >= 11 is 0. The van der Waals surface area contributed by atoms with E-state index in [4.69, 9.17) is 9.84 Å². The number of urea groups is 1. The predicted octanol–water partition coefficient (Wildman–Crippen LogP) is -0.898. The molecule has 0 radical (unpaired) electrons. The molecule has 2 amide bonds. The van der Waals surface area contributed by atoms with E-state index in [9.17, 15) is 33.0 Å². The summed E-state index contributed by atoms with van der Waals surface area (Å²) in [5.41, 5.74) is -3.82. The van der Waals surface area contributed by atoms with E-state index in [0.717, 1.165) is 6.20 Å². The highest BCUT2D eigenvalue weighted by Gasteiger charge is 2.70. The maximum atomic E-state index is 13.1. The van der Waals surface area contributed by atoms with Crippen molar-refractivity contribution in [3.8, 4) is 0 Å². The molecule has 0 unspecified atom stereocenters. The van der Waals surface area contributed by atoms with E-state index in [1.165, 1.54) is 14.0 Å². The molecule has 4 atom stereocenters. The molecular weight excluding hydrogens is 325 g/mol. The summed E-state index contributed by atoms with van der Waals surface area (Å²) in [5.74, 6) is 0. The number of ether oxygens (including phenoxy) is 1. The summed E-state index contributed by atoms with van der Waals surface area (Å²) < 4.78 is 44.1. The molecule has 8 nitrogen and oxygen atoms in total. The van der Waals surface area contributed by atoms with E-state index in [1.807, 2.05) is 0 Å². The summed E-state index contributed by atoms with van der Waals surface area (Å²) in [6.07, 6.45) is -10.9. The number of alkyl halides is 3. The summed E-state index contributed by atoms with van der Waals surface area (Å²) in [6, 6.07) is -0.988. The molecule has 1 aliphatic heterocycles. The van der Waals surface area contributed by atoms with Crippen LogP contribution in [0.25, 0.3) is 0 Å². The van der Waals surface area contributed by atoms with Gasteiger partial charge in [-0.25, -0.2) is 4.79 Å². The molecule has 1 rings (SSSR count). The number of hydrogen-bond acceptors (Lipinski definition) is 6. The van der Waals surface area contributed by atoms with Gasteiger partial charge in [0.1, 0.15) is 18.5 Å². The Bertz CT molecular complexity index is 498. The number of aliphatic hydroxyl groups excluding tert-OH is 2. The van der Waals surface area contributed by atoms with Crippen molar-refractivity contribution in [3.63, 3.8) is 0 Å². The van der Waals surface area contributed by atoms with Crippen LogP contribution in [-0.4, -0.2) is 76.4 Å². The van der Waals surface area contributed by atoms with Crippen molar-refractivity contribution in [2.45, 2.75) is 37.1 Å². The van der Waals surface area contributed by atoms with Gasteiger partial charge >= 0.3 is 12.2 Å². The first-order valence-corrected chi connectivity index (χ1v) is 6.41. The highest BCUT2D eigenvalue weighted by molar-refractivity contribution is 5.78. The van der Waals surface area contributed by atoms with Crippen LogP contribution in [0.5, 0.6) is 0 Å². The molecule has 0 spiro atoms. The number of rotatable bonds is 4. The molecule has 132 valence electrons. The average molecular weight is 342 g/mol. The molecule has 1 saturated heterocycles. The SMILES string of the molecule is CNC(=O)N(/C=C(/C)C=O)[C@@H]1O[C@H](CO)[C@](O)(C(F)(F)F)[C@H]1O. The Labute approximate surface area is 129 Å². The maximum absolute atomic E-state index is 13.1. The smallest absolute Gasteiger partial charge is 0.394 e. The van der Waals surface area contributed by atoms with Gasteiger partial charge in [0.2, 0.25) is 5.60 Å². The molecule has 1 heterocycles. The van der Waals surface area contributed by atoms with Gasteiger partial charge in [0.25, 0.3) is 0 Å². The third-order valence-corrected chi connectivity index (χ3v) is 3.39. The number of amides is 2. The molecule has 11 heteroatoms. The molecule has 0 aromatic rings. The zero-order valence-electron chi connectivity index (χ0n) is 12.2.